The molecule has 0 bridgehead atoms. The van der Waals surface area contributed by atoms with E-state index < -0.39 is 0 Å². The summed E-state index contributed by atoms with van der Waals surface area (Å²) >= 11 is 0. The zero-order valence-corrected chi connectivity index (χ0v) is 13.4. The first-order valence-corrected chi connectivity index (χ1v) is 7.92. The minimum Gasteiger partial charge on any atom is -0.497 e. The molecule has 2 aliphatic heterocycles. The van der Waals surface area contributed by atoms with E-state index in [1.54, 1.807) is 7.11 Å². The van der Waals surface area contributed by atoms with Crippen LogP contribution in [0.15, 0.2) is 36.4 Å². The quantitative estimate of drug-likeness (QED) is 0.485. The van der Waals surface area contributed by atoms with Gasteiger partial charge in [-0.1, -0.05) is 24.3 Å². The first kappa shape index (κ1) is 16.0. The number of epoxide rings is 1. The predicted molar refractivity (Wildman–Crippen MR) is 84.2 cm³/mol. The number of cyclic esters (lactones) is 1. The van der Waals surface area contributed by atoms with Gasteiger partial charge < -0.3 is 18.9 Å². The van der Waals surface area contributed by atoms with E-state index in [0.717, 1.165) is 17.7 Å². The lowest BCUT2D eigenvalue weighted by Crippen LogP contribution is -2.23. The zero-order chi connectivity index (χ0) is 16.2. The minimum absolute atomic E-state index is 0.119. The van der Waals surface area contributed by atoms with E-state index in [4.69, 9.17) is 18.9 Å². The van der Waals surface area contributed by atoms with Gasteiger partial charge in [0, 0.05) is 6.42 Å². The van der Waals surface area contributed by atoms with Crippen LogP contribution in [-0.4, -0.2) is 37.5 Å². The van der Waals surface area contributed by atoms with E-state index in [-0.39, 0.29) is 36.8 Å². The Morgan fingerprint density at radius 2 is 2.00 bits per heavy atom. The third-order valence-electron chi connectivity index (χ3n) is 4.03. The molecule has 0 aliphatic carbocycles. The molecule has 124 valence electrons. The molecule has 23 heavy (non-hydrogen) atoms. The smallest absolute Gasteiger partial charge is 0.309 e. The predicted octanol–water partition coefficient (Wildman–Crippen LogP) is 2.63. The molecule has 5 heteroatoms. The van der Waals surface area contributed by atoms with Crippen LogP contribution in [-0.2, 0) is 25.6 Å². The van der Waals surface area contributed by atoms with E-state index in [0.29, 0.717) is 6.61 Å². The van der Waals surface area contributed by atoms with Gasteiger partial charge in [0.2, 0.25) is 0 Å². The van der Waals surface area contributed by atoms with Gasteiger partial charge in [-0.25, -0.2) is 0 Å². The maximum Gasteiger partial charge on any atom is 0.309 e. The summed E-state index contributed by atoms with van der Waals surface area (Å²) in [4.78, 5) is 11.9. The normalized spacial score (nSPS) is 31.7. The van der Waals surface area contributed by atoms with E-state index in [1.165, 1.54) is 0 Å². The van der Waals surface area contributed by atoms with Crippen molar-refractivity contribution in [3.05, 3.63) is 42.0 Å². The molecule has 1 saturated heterocycles. The van der Waals surface area contributed by atoms with Crippen molar-refractivity contribution in [2.45, 2.75) is 50.8 Å². The molecular formula is C18H22O5. The van der Waals surface area contributed by atoms with Crippen molar-refractivity contribution >= 4 is 5.97 Å². The van der Waals surface area contributed by atoms with Crippen LogP contribution in [0.4, 0.5) is 0 Å². The third kappa shape index (κ3) is 4.56. The fourth-order valence-electron chi connectivity index (χ4n) is 2.67. The number of fused-ring (bicyclic) bond motifs is 1. The Bertz CT molecular complexity index is 565. The second kappa shape index (κ2) is 7.15. The van der Waals surface area contributed by atoms with E-state index in [1.807, 2.05) is 43.3 Å². The molecule has 3 rings (SSSR count). The molecule has 1 aromatic carbocycles. The average Bonchev–Trinajstić information content (AvgIpc) is 3.27. The van der Waals surface area contributed by atoms with Crippen LogP contribution in [0.3, 0.4) is 0 Å². The van der Waals surface area contributed by atoms with Crippen LogP contribution in [0, 0.1) is 0 Å². The highest BCUT2D eigenvalue weighted by molar-refractivity contribution is 5.70. The van der Waals surface area contributed by atoms with Gasteiger partial charge in [-0.05, 0) is 24.6 Å². The summed E-state index contributed by atoms with van der Waals surface area (Å²) in [7, 11) is 1.64. The molecular weight excluding hydrogens is 296 g/mol. The molecule has 2 heterocycles. The van der Waals surface area contributed by atoms with Crippen molar-refractivity contribution in [3.63, 3.8) is 0 Å². The van der Waals surface area contributed by atoms with Crippen molar-refractivity contribution in [3.8, 4) is 5.75 Å². The number of methoxy groups -OCH3 is 1. The zero-order valence-electron chi connectivity index (χ0n) is 13.4. The largest absolute Gasteiger partial charge is 0.497 e. The Hall–Kier alpha value is -1.85. The van der Waals surface area contributed by atoms with Gasteiger partial charge in [-0.15, -0.1) is 0 Å². The summed E-state index contributed by atoms with van der Waals surface area (Å²) in [5.74, 6) is 0.572. The van der Waals surface area contributed by atoms with Crippen LogP contribution in [0.5, 0.6) is 5.75 Å². The lowest BCUT2D eigenvalue weighted by molar-refractivity contribution is -0.151. The van der Waals surface area contributed by atoms with Crippen LogP contribution in [0.25, 0.3) is 0 Å². The number of benzene rings is 1. The highest BCUT2D eigenvalue weighted by Gasteiger charge is 2.39. The van der Waals surface area contributed by atoms with Crippen LogP contribution in [0.1, 0.15) is 25.3 Å². The molecule has 0 N–H and O–H groups in total. The van der Waals surface area contributed by atoms with Gasteiger partial charge >= 0.3 is 5.97 Å². The summed E-state index contributed by atoms with van der Waals surface area (Å²) in [5.41, 5.74) is 1.03. The van der Waals surface area contributed by atoms with Crippen molar-refractivity contribution in [1.82, 2.24) is 0 Å². The Labute approximate surface area is 136 Å². The van der Waals surface area contributed by atoms with Gasteiger partial charge in [-0.3, -0.25) is 4.79 Å². The molecule has 2 aliphatic rings. The number of rotatable bonds is 4. The second-order valence-electron chi connectivity index (χ2n) is 5.96. The Morgan fingerprint density at radius 3 is 2.74 bits per heavy atom. The number of hydrogen-bond acceptors (Lipinski definition) is 5. The Kier molecular flexibility index (Phi) is 4.98. The summed E-state index contributed by atoms with van der Waals surface area (Å²) in [5, 5.41) is 0. The molecule has 0 spiro atoms. The SMILES string of the molecule is COc1ccc(CO[C@H]2/C=C\[C@H]3O[C@H]3C[C@@H](C)OC(=O)C2)cc1. The molecule has 0 radical (unpaired) electrons. The van der Waals surface area contributed by atoms with Crippen LogP contribution >= 0.6 is 0 Å². The lowest BCUT2D eigenvalue weighted by Gasteiger charge is -2.17. The first-order chi connectivity index (χ1) is 11.1. The van der Waals surface area contributed by atoms with Crippen molar-refractivity contribution in [1.29, 1.82) is 0 Å². The summed E-state index contributed by atoms with van der Waals surface area (Å²) < 4.78 is 21.9. The molecule has 1 aromatic rings. The van der Waals surface area contributed by atoms with Gasteiger partial charge in [0.25, 0.3) is 0 Å². The third-order valence-corrected chi connectivity index (χ3v) is 4.03. The van der Waals surface area contributed by atoms with Crippen molar-refractivity contribution < 1.29 is 23.7 Å². The lowest BCUT2D eigenvalue weighted by atomic mass is 10.1. The van der Waals surface area contributed by atoms with Gasteiger partial charge in [0.15, 0.2) is 0 Å². The second-order valence-corrected chi connectivity index (χ2v) is 5.96. The highest BCUT2D eigenvalue weighted by Crippen LogP contribution is 2.30. The maximum absolute atomic E-state index is 11.9. The molecule has 4 atom stereocenters. The standard InChI is InChI=1S/C18H22O5/c1-12-9-17-16(23-17)8-7-15(10-18(19)22-12)21-11-13-3-5-14(20-2)6-4-13/h3-8,12,15-17H,9-11H2,1-2H3/b8-7-/t12-,15+,16-,17+/m1/s1. The van der Waals surface area contributed by atoms with Gasteiger partial charge in [-0.2, -0.15) is 0 Å². The molecule has 1 fully saturated rings. The number of esters is 1. The summed E-state index contributed by atoms with van der Waals surface area (Å²) in [6.45, 7) is 2.33. The Morgan fingerprint density at radius 1 is 1.22 bits per heavy atom. The molecule has 0 aromatic heterocycles. The van der Waals surface area contributed by atoms with Crippen molar-refractivity contribution in [2.75, 3.05) is 7.11 Å². The maximum atomic E-state index is 11.9. The Balaban J connectivity index is 1.59. The topological polar surface area (TPSA) is 57.3 Å². The van der Waals surface area contributed by atoms with Gasteiger partial charge in [0.1, 0.15) is 18.0 Å². The fraction of sp³-hybridized carbons (Fsp3) is 0.500. The van der Waals surface area contributed by atoms with Crippen LogP contribution in [0.2, 0.25) is 0 Å². The number of carbonyl (C=O) groups excluding carboxylic acids is 1. The van der Waals surface area contributed by atoms with Crippen molar-refractivity contribution in [2.24, 2.45) is 0 Å². The molecule has 0 unspecified atom stereocenters. The van der Waals surface area contributed by atoms with E-state index in [2.05, 4.69) is 0 Å². The average molecular weight is 318 g/mol. The molecule has 5 nitrogen and oxygen atoms in total. The number of hydrogen-bond donors (Lipinski definition) is 0. The molecule has 0 saturated carbocycles. The fourth-order valence-corrected chi connectivity index (χ4v) is 2.67. The first-order valence-electron chi connectivity index (χ1n) is 7.92. The number of ether oxygens (including phenoxy) is 4. The summed E-state index contributed by atoms with van der Waals surface area (Å²) in [6.07, 6.45) is 4.73. The van der Waals surface area contributed by atoms with Crippen LogP contribution < -0.4 is 4.74 Å². The van der Waals surface area contributed by atoms with E-state index >= 15 is 0 Å². The minimum atomic E-state index is -0.306. The highest BCUT2D eigenvalue weighted by atomic mass is 16.6. The molecule has 0 amide bonds. The number of carbonyl (C=O) groups is 1. The van der Waals surface area contributed by atoms with Gasteiger partial charge in [0.05, 0.1) is 32.3 Å². The monoisotopic (exact) mass is 318 g/mol. The summed E-state index contributed by atoms with van der Waals surface area (Å²) in [6, 6.07) is 7.67. The van der Waals surface area contributed by atoms with E-state index in [9.17, 15) is 4.79 Å².